The Hall–Kier alpha value is -3.12. The molecule has 3 rings (SSSR count). The third-order valence-corrected chi connectivity index (χ3v) is 5.05. The first-order chi connectivity index (χ1) is 13.0. The van der Waals surface area contributed by atoms with Crippen molar-refractivity contribution in [2.24, 2.45) is 0 Å². The molecule has 0 spiro atoms. The summed E-state index contributed by atoms with van der Waals surface area (Å²) < 4.78 is 11.0. The highest BCUT2D eigenvalue weighted by Gasteiger charge is 2.17. The molecule has 0 fully saturated rings. The van der Waals surface area contributed by atoms with Crippen LogP contribution in [0.4, 0.5) is 0 Å². The second kappa shape index (κ2) is 8.05. The van der Waals surface area contributed by atoms with Crippen LogP contribution >= 0.6 is 11.3 Å². The van der Waals surface area contributed by atoms with Gasteiger partial charge in [0.05, 0.1) is 19.8 Å². The average Bonchev–Trinajstić information content (AvgIpc) is 3.21. The highest BCUT2D eigenvalue weighted by atomic mass is 32.1. The number of carbonyl (C=O) groups is 2. The summed E-state index contributed by atoms with van der Waals surface area (Å²) in [5.41, 5.74) is 2.28. The lowest BCUT2D eigenvalue weighted by Gasteiger charge is -2.14. The summed E-state index contributed by atoms with van der Waals surface area (Å²) in [6.45, 7) is 0. The molecule has 0 saturated heterocycles. The molecule has 0 unspecified atom stereocenters. The van der Waals surface area contributed by atoms with Crippen molar-refractivity contribution in [3.05, 3.63) is 70.6 Å². The standard InChI is InChI=1S/C21H18O5S/c1-25-18-12-13(10-16(20(18)26-2)19-4-3-9-27-19)11-17(22)14-5-7-15(8-6-14)21(23)24/h3-10,12H,11H2,1-2H3,(H,23,24). The predicted octanol–water partition coefficient (Wildman–Crippen LogP) is 4.56. The van der Waals surface area contributed by atoms with Crippen molar-refractivity contribution in [2.45, 2.75) is 6.42 Å². The number of aromatic carboxylic acids is 1. The lowest BCUT2D eigenvalue weighted by Crippen LogP contribution is -2.05. The molecule has 5 nitrogen and oxygen atoms in total. The van der Waals surface area contributed by atoms with Crippen molar-refractivity contribution in [3.63, 3.8) is 0 Å². The quantitative estimate of drug-likeness (QED) is 0.607. The molecule has 1 heterocycles. The summed E-state index contributed by atoms with van der Waals surface area (Å²) in [6, 6.07) is 13.6. The van der Waals surface area contributed by atoms with Crippen LogP contribution in [-0.4, -0.2) is 31.1 Å². The van der Waals surface area contributed by atoms with E-state index in [-0.39, 0.29) is 17.8 Å². The van der Waals surface area contributed by atoms with Gasteiger partial charge < -0.3 is 14.6 Å². The van der Waals surface area contributed by atoms with E-state index in [0.717, 1.165) is 16.0 Å². The van der Waals surface area contributed by atoms with Gasteiger partial charge in [0, 0.05) is 22.4 Å². The van der Waals surface area contributed by atoms with Gasteiger partial charge in [0.25, 0.3) is 0 Å². The van der Waals surface area contributed by atoms with E-state index in [1.165, 1.54) is 24.3 Å². The van der Waals surface area contributed by atoms with E-state index in [1.807, 2.05) is 23.6 Å². The van der Waals surface area contributed by atoms with Crippen LogP contribution in [0.5, 0.6) is 11.5 Å². The first kappa shape index (κ1) is 18.7. The van der Waals surface area contributed by atoms with E-state index in [9.17, 15) is 9.59 Å². The molecule has 27 heavy (non-hydrogen) atoms. The van der Waals surface area contributed by atoms with Crippen LogP contribution in [-0.2, 0) is 6.42 Å². The van der Waals surface area contributed by atoms with E-state index in [1.54, 1.807) is 31.6 Å². The molecular formula is C21H18O5S. The fourth-order valence-electron chi connectivity index (χ4n) is 2.82. The Labute approximate surface area is 160 Å². The van der Waals surface area contributed by atoms with Crippen LogP contribution < -0.4 is 9.47 Å². The highest BCUT2D eigenvalue weighted by Crippen LogP contribution is 2.41. The van der Waals surface area contributed by atoms with Gasteiger partial charge in [-0.2, -0.15) is 0 Å². The molecule has 1 N–H and O–H groups in total. The lowest BCUT2D eigenvalue weighted by atomic mass is 9.99. The topological polar surface area (TPSA) is 72.8 Å². The number of carboxylic acids is 1. The molecule has 0 bridgehead atoms. The number of hydrogen-bond donors (Lipinski definition) is 1. The van der Waals surface area contributed by atoms with E-state index in [4.69, 9.17) is 14.6 Å². The Balaban J connectivity index is 1.93. The summed E-state index contributed by atoms with van der Waals surface area (Å²) in [6.07, 6.45) is 0.172. The maximum Gasteiger partial charge on any atom is 0.335 e. The van der Waals surface area contributed by atoms with Crippen molar-refractivity contribution in [1.29, 1.82) is 0 Å². The number of thiophene rings is 1. The molecule has 0 aliphatic rings. The van der Waals surface area contributed by atoms with Crippen molar-refractivity contribution in [3.8, 4) is 21.9 Å². The first-order valence-electron chi connectivity index (χ1n) is 8.18. The molecule has 0 atom stereocenters. The Kier molecular flexibility index (Phi) is 5.57. The van der Waals surface area contributed by atoms with Gasteiger partial charge in [0.1, 0.15) is 0 Å². The van der Waals surface area contributed by atoms with Crippen LogP contribution in [0.1, 0.15) is 26.3 Å². The van der Waals surface area contributed by atoms with Gasteiger partial charge in [-0.3, -0.25) is 4.79 Å². The van der Waals surface area contributed by atoms with Gasteiger partial charge in [-0.25, -0.2) is 4.79 Å². The van der Waals surface area contributed by atoms with Gasteiger partial charge in [-0.15, -0.1) is 11.3 Å². The van der Waals surface area contributed by atoms with Crippen LogP contribution in [0.3, 0.4) is 0 Å². The van der Waals surface area contributed by atoms with Crippen LogP contribution in [0.2, 0.25) is 0 Å². The molecular weight excluding hydrogens is 364 g/mol. The third kappa shape index (κ3) is 4.01. The number of Topliss-reactive ketones (excluding diaryl/α,β-unsaturated/α-hetero) is 1. The van der Waals surface area contributed by atoms with Gasteiger partial charge in [-0.1, -0.05) is 18.2 Å². The summed E-state index contributed by atoms with van der Waals surface area (Å²) in [7, 11) is 3.15. The average molecular weight is 382 g/mol. The fourth-order valence-corrected chi connectivity index (χ4v) is 3.56. The van der Waals surface area contributed by atoms with Gasteiger partial charge >= 0.3 is 5.97 Å². The second-order valence-electron chi connectivity index (χ2n) is 5.84. The number of benzene rings is 2. The molecule has 0 radical (unpaired) electrons. The van der Waals surface area contributed by atoms with Gasteiger partial charge in [0.2, 0.25) is 0 Å². The smallest absolute Gasteiger partial charge is 0.335 e. The zero-order valence-corrected chi connectivity index (χ0v) is 15.7. The minimum Gasteiger partial charge on any atom is -0.493 e. The van der Waals surface area contributed by atoms with E-state index >= 15 is 0 Å². The number of methoxy groups -OCH3 is 2. The molecule has 0 saturated carbocycles. The molecule has 2 aromatic carbocycles. The number of ketones is 1. The Morgan fingerprint density at radius 2 is 1.70 bits per heavy atom. The van der Waals surface area contributed by atoms with Gasteiger partial charge in [-0.05, 0) is 41.3 Å². The van der Waals surface area contributed by atoms with Gasteiger partial charge in [0.15, 0.2) is 17.3 Å². The van der Waals surface area contributed by atoms with Crippen molar-refractivity contribution >= 4 is 23.1 Å². The number of rotatable bonds is 7. The molecule has 6 heteroatoms. The van der Waals surface area contributed by atoms with Crippen molar-refractivity contribution in [2.75, 3.05) is 14.2 Å². The zero-order chi connectivity index (χ0) is 19.4. The Morgan fingerprint density at radius 1 is 1.00 bits per heavy atom. The van der Waals surface area contributed by atoms with Crippen LogP contribution in [0.15, 0.2) is 53.9 Å². The largest absolute Gasteiger partial charge is 0.493 e. The Bertz CT molecular complexity index is 959. The fraction of sp³-hybridized carbons (Fsp3) is 0.143. The maximum atomic E-state index is 12.6. The number of carbonyl (C=O) groups excluding carboxylic acids is 1. The monoisotopic (exact) mass is 382 g/mol. The maximum absolute atomic E-state index is 12.6. The van der Waals surface area contributed by atoms with Crippen LogP contribution in [0, 0.1) is 0 Å². The predicted molar refractivity (Wildman–Crippen MR) is 104 cm³/mol. The van der Waals surface area contributed by atoms with E-state index in [2.05, 4.69) is 0 Å². The SMILES string of the molecule is COc1cc(CC(=O)c2ccc(C(=O)O)cc2)cc(-c2cccs2)c1OC. The van der Waals surface area contributed by atoms with Crippen molar-refractivity contribution < 1.29 is 24.2 Å². The highest BCUT2D eigenvalue weighted by molar-refractivity contribution is 7.13. The Morgan fingerprint density at radius 3 is 2.26 bits per heavy atom. The summed E-state index contributed by atoms with van der Waals surface area (Å²) in [4.78, 5) is 24.6. The molecule has 0 amide bonds. The first-order valence-corrected chi connectivity index (χ1v) is 9.06. The third-order valence-electron chi connectivity index (χ3n) is 4.14. The van der Waals surface area contributed by atoms with Crippen molar-refractivity contribution in [1.82, 2.24) is 0 Å². The van der Waals surface area contributed by atoms with E-state index < -0.39 is 5.97 Å². The number of ether oxygens (including phenoxy) is 2. The summed E-state index contributed by atoms with van der Waals surface area (Å²) in [5, 5.41) is 10.9. The molecule has 3 aromatic rings. The van der Waals surface area contributed by atoms with E-state index in [0.29, 0.717) is 17.1 Å². The summed E-state index contributed by atoms with van der Waals surface area (Å²) in [5.74, 6) is 0.0696. The number of hydrogen-bond acceptors (Lipinski definition) is 5. The lowest BCUT2D eigenvalue weighted by molar-refractivity contribution is 0.0696. The normalized spacial score (nSPS) is 10.4. The second-order valence-corrected chi connectivity index (χ2v) is 6.79. The summed E-state index contributed by atoms with van der Waals surface area (Å²) >= 11 is 1.58. The molecule has 138 valence electrons. The minimum absolute atomic E-state index is 0.101. The number of carboxylic acid groups (broad SMARTS) is 1. The molecule has 0 aliphatic heterocycles. The molecule has 0 aliphatic carbocycles. The zero-order valence-electron chi connectivity index (χ0n) is 14.9. The minimum atomic E-state index is -1.02. The molecule has 1 aromatic heterocycles. The van der Waals surface area contributed by atoms with Crippen LogP contribution in [0.25, 0.3) is 10.4 Å².